The molecule has 0 radical (unpaired) electrons. The molecule has 0 bridgehead atoms. The summed E-state index contributed by atoms with van der Waals surface area (Å²) in [5, 5.41) is 121. The third kappa shape index (κ3) is 46.9. The Balaban J connectivity index is 1.38. The first kappa shape index (κ1) is 99.1. The molecule has 12 N–H and O–H groups in total. The number of unbranched alkanes of at least 4 members (excludes halogenated alkanes) is 20. The summed E-state index contributed by atoms with van der Waals surface area (Å²) in [6.07, 6.45) is 77.3. The van der Waals surface area contributed by atoms with Crippen molar-refractivity contribution in [1.29, 1.82) is 0 Å². The van der Waals surface area contributed by atoms with Crippen molar-refractivity contribution >= 4 is 5.91 Å². The Morgan fingerprint density at radius 2 is 0.636 bits per heavy atom. The van der Waals surface area contributed by atoms with Crippen molar-refractivity contribution in [2.24, 2.45) is 0 Å². The van der Waals surface area contributed by atoms with E-state index in [1.807, 2.05) is 6.08 Å². The van der Waals surface area contributed by atoms with E-state index >= 15 is 0 Å². The number of carbonyl (C=O) groups excluding carboxylic acids is 1. The maximum absolute atomic E-state index is 13.5. The first-order valence-electron chi connectivity index (χ1n) is 42.0. The zero-order chi connectivity index (χ0) is 79.5. The van der Waals surface area contributed by atoms with Crippen molar-refractivity contribution in [1.82, 2.24) is 5.32 Å². The van der Waals surface area contributed by atoms with Crippen LogP contribution in [0.1, 0.15) is 251 Å². The summed E-state index contributed by atoms with van der Waals surface area (Å²) in [5.41, 5.74) is 0. The number of carbonyl (C=O) groups is 1. The van der Waals surface area contributed by atoms with Crippen LogP contribution >= 0.6 is 0 Å². The smallest absolute Gasteiger partial charge is 0.220 e. The molecule has 624 valence electrons. The molecular weight excluding hydrogens is 1390 g/mol. The van der Waals surface area contributed by atoms with E-state index in [9.17, 15) is 61.0 Å². The topological polar surface area (TPSA) is 307 Å². The van der Waals surface area contributed by atoms with Crippen LogP contribution in [0, 0.1) is 0 Å². The third-order valence-corrected chi connectivity index (χ3v) is 19.4. The molecule has 17 atom stereocenters. The fourth-order valence-electron chi connectivity index (χ4n) is 12.7. The van der Waals surface area contributed by atoms with Crippen LogP contribution in [0.4, 0.5) is 0 Å². The molecule has 3 rings (SSSR count). The van der Waals surface area contributed by atoms with Gasteiger partial charge >= 0.3 is 0 Å². The Labute approximate surface area is 661 Å². The summed E-state index contributed by atoms with van der Waals surface area (Å²) in [6, 6.07) is -1.03. The Kier molecular flexibility index (Phi) is 61.5. The van der Waals surface area contributed by atoms with Gasteiger partial charge in [0.25, 0.3) is 0 Å². The summed E-state index contributed by atoms with van der Waals surface area (Å²) in [5.74, 6) is -0.320. The minimum absolute atomic E-state index is 0.190. The van der Waals surface area contributed by atoms with Gasteiger partial charge in [0.1, 0.15) is 73.2 Å². The van der Waals surface area contributed by atoms with Gasteiger partial charge in [-0.05, 0) is 135 Å². The second kappa shape index (κ2) is 68.3. The summed E-state index contributed by atoms with van der Waals surface area (Å²) >= 11 is 0. The van der Waals surface area contributed by atoms with E-state index in [0.717, 1.165) is 128 Å². The lowest BCUT2D eigenvalue weighted by molar-refractivity contribution is -0.379. The molecule has 0 aromatic heterocycles. The molecule has 17 unspecified atom stereocenters. The lowest BCUT2D eigenvalue weighted by Gasteiger charge is -2.48. The van der Waals surface area contributed by atoms with Crippen LogP contribution in [-0.4, -0.2) is 193 Å². The van der Waals surface area contributed by atoms with Gasteiger partial charge in [0, 0.05) is 6.42 Å². The van der Waals surface area contributed by atoms with Crippen molar-refractivity contribution in [2.75, 3.05) is 26.4 Å². The van der Waals surface area contributed by atoms with Gasteiger partial charge in [-0.3, -0.25) is 4.79 Å². The fourth-order valence-corrected chi connectivity index (χ4v) is 12.7. The predicted octanol–water partition coefficient (Wildman–Crippen LogP) is 15.1. The minimum atomic E-state index is -2.00. The summed E-state index contributed by atoms with van der Waals surface area (Å²) in [4.78, 5) is 13.5. The van der Waals surface area contributed by atoms with Gasteiger partial charge in [0.2, 0.25) is 5.91 Å². The minimum Gasteiger partial charge on any atom is -0.394 e. The molecule has 0 aliphatic carbocycles. The standard InChI is InChI=1S/C91H147NO18/c1-3-5-7-9-11-13-15-17-19-21-23-25-27-29-30-31-32-33-34-35-36-37-38-39-40-41-42-43-44-45-47-49-51-53-55-57-59-61-63-65-67-69-79(97)92-74(75(96)68-66-64-62-60-58-56-54-52-50-48-46-28-26-24-22-20-18-16-14-12-10-8-6-4-2)73-105-89-85(103)82(100)87(77(71-94)107-89)110-91-86(104)83(101)88(78(72-95)108-91)109-90-84(102)81(99)80(98)76(70-93)106-90/h5,7,11,13,17,19,23,25,29-30,32-33,35-36,38-39,41-42,44-45,49-52,55,57-58,60,66,68,74-78,80-91,93-96,98-104H,3-4,6,8-10,12,14-16,18,20-22,24,26-28,31,34,37,40,43,46-48,53-54,56,59,61-65,67,69-73H2,1-2H3,(H,92,97)/b7-5-,13-11-,19-17-,25-23-,30-29-,33-32-,36-35-,39-38-,42-41-,45-44-,51-49-,52-50+,57-55-,60-58+,68-66+. The van der Waals surface area contributed by atoms with Crippen LogP contribution < -0.4 is 5.32 Å². The van der Waals surface area contributed by atoms with Gasteiger partial charge in [-0.2, -0.15) is 0 Å². The highest BCUT2D eigenvalue weighted by atomic mass is 16.8. The molecule has 3 fully saturated rings. The molecule has 3 aliphatic heterocycles. The first-order chi connectivity index (χ1) is 53.8. The van der Waals surface area contributed by atoms with E-state index in [1.54, 1.807) is 6.08 Å². The molecule has 0 aromatic carbocycles. The van der Waals surface area contributed by atoms with Gasteiger partial charge in [0.15, 0.2) is 18.9 Å². The molecule has 0 spiro atoms. The Bertz CT molecular complexity index is 2710. The molecule has 3 heterocycles. The van der Waals surface area contributed by atoms with Gasteiger partial charge in [0.05, 0.1) is 38.6 Å². The van der Waals surface area contributed by atoms with Crippen LogP contribution in [0.3, 0.4) is 0 Å². The fraction of sp³-hybridized carbons (Fsp3) is 0.659. The Morgan fingerprint density at radius 1 is 0.336 bits per heavy atom. The second-order valence-electron chi connectivity index (χ2n) is 28.8. The maximum Gasteiger partial charge on any atom is 0.220 e. The molecule has 19 heteroatoms. The summed E-state index contributed by atoms with van der Waals surface area (Å²) < 4.78 is 34.4. The SMILES string of the molecule is CC/C=C\C/C=C\C/C=C\C/C=C\C/C=C\C/C=C\C/C=C\C/C=C\C/C=C\C/C=C\C/C=C\C/C=C\CCCCCCC(=O)NC(COC1OC(CO)C(OC2OC(CO)C(OC3OC(CO)C(O)C(O)C3O)C(O)C2O)C(O)C1O)C(O)/C=C/CC/C=C/CC/C=C/CCCCCCCCCCCCCCCC. The average Bonchev–Trinajstić information content (AvgIpc) is 0.782. The van der Waals surface area contributed by atoms with E-state index in [1.165, 1.54) is 89.9 Å². The van der Waals surface area contributed by atoms with Crippen LogP contribution in [0.5, 0.6) is 0 Å². The van der Waals surface area contributed by atoms with Crippen LogP contribution in [-0.2, 0) is 33.2 Å². The van der Waals surface area contributed by atoms with Gasteiger partial charge in [-0.1, -0.05) is 292 Å². The number of amides is 1. The highest BCUT2D eigenvalue weighted by Gasteiger charge is 2.54. The lowest BCUT2D eigenvalue weighted by Crippen LogP contribution is -2.66. The number of aliphatic hydroxyl groups excluding tert-OH is 11. The molecule has 0 saturated carbocycles. The molecule has 1 amide bonds. The zero-order valence-electron chi connectivity index (χ0n) is 66.9. The average molecular weight is 1540 g/mol. The molecule has 3 saturated heterocycles. The predicted molar refractivity (Wildman–Crippen MR) is 442 cm³/mol. The van der Waals surface area contributed by atoms with Crippen molar-refractivity contribution in [3.63, 3.8) is 0 Å². The van der Waals surface area contributed by atoms with Crippen molar-refractivity contribution in [3.05, 3.63) is 182 Å². The number of aliphatic hydroxyl groups is 11. The molecule has 0 aromatic rings. The van der Waals surface area contributed by atoms with Crippen molar-refractivity contribution in [3.8, 4) is 0 Å². The Morgan fingerprint density at radius 3 is 1.02 bits per heavy atom. The maximum atomic E-state index is 13.5. The molecule has 19 nitrogen and oxygen atoms in total. The number of rotatable bonds is 64. The van der Waals surface area contributed by atoms with Crippen LogP contribution in [0.25, 0.3) is 0 Å². The van der Waals surface area contributed by atoms with E-state index in [0.29, 0.717) is 12.8 Å². The Hall–Kier alpha value is -5.11. The normalized spacial score (nSPS) is 26.1. The quantitative estimate of drug-likeness (QED) is 0.0199. The monoisotopic (exact) mass is 1540 g/mol. The van der Waals surface area contributed by atoms with E-state index < -0.39 is 131 Å². The second-order valence-corrected chi connectivity index (χ2v) is 28.8. The first-order valence-corrected chi connectivity index (χ1v) is 42.0. The molecule has 110 heavy (non-hydrogen) atoms. The number of hydrogen-bond acceptors (Lipinski definition) is 18. The molecule has 3 aliphatic rings. The van der Waals surface area contributed by atoms with E-state index in [-0.39, 0.29) is 12.3 Å². The number of hydrogen-bond donors (Lipinski definition) is 12. The van der Waals surface area contributed by atoms with Gasteiger partial charge < -0.3 is 89.9 Å². The molecular formula is C91H147NO18. The lowest BCUT2D eigenvalue weighted by atomic mass is 9.96. The largest absolute Gasteiger partial charge is 0.394 e. The number of nitrogens with one attached hydrogen (secondary N) is 1. The van der Waals surface area contributed by atoms with E-state index in [2.05, 4.69) is 189 Å². The van der Waals surface area contributed by atoms with Crippen molar-refractivity contribution < 1.29 is 89.4 Å². The summed E-state index contributed by atoms with van der Waals surface area (Å²) in [6.45, 7) is 1.57. The van der Waals surface area contributed by atoms with E-state index in [4.69, 9.17) is 28.4 Å². The summed E-state index contributed by atoms with van der Waals surface area (Å²) in [7, 11) is 0. The zero-order valence-corrected chi connectivity index (χ0v) is 66.9. The van der Waals surface area contributed by atoms with Gasteiger partial charge in [-0.15, -0.1) is 0 Å². The highest BCUT2D eigenvalue weighted by molar-refractivity contribution is 5.76. The highest BCUT2D eigenvalue weighted by Crippen LogP contribution is 2.33. The van der Waals surface area contributed by atoms with Crippen LogP contribution in [0.2, 0.25) is 0 Å². The van der Waals surface area contributed by atoms with Crippen LogP contribution in [0.15, 0.2) is 182 Å². The number of ether oxygens (including phenoxy) is 6. The van der Waals surface area contributed by atoms with Crippen molar-refractivity contribution in [2.45, 2.75) is 356 Å². The van der Waals surface area contributed by atoms with Gasteiger partial charge in [-0.25, -0.2) is 0 Å². The third-order valence-electron chi connectivity index (χ3n) is 19.4. The number of allylic oxidation sites excluding steroid dienone is 29.